The molecule has 0 amide bonds. The van der Waals surface area contributed by atoms with Crippen molar-refractivity contribution in [1.29, 1.82) is 0 Å². The van der Waals surface area contributed by atoms with Crippen molar-refractivity contribution in [1.82, 2.24) is 12.9 Å². The van der Waals surface area contributed by atoms with Crippen LogP contribution in [-0.2, 0) is 58.5 Å². The van der Waals surface area contributed by atoms with Gasteiger partial charge in [-0.15, -0.1) is 0 Å². The molecule has 0 fully saturated rings. The van der Waals surface area contributed by atoms with E-state index in [1.165, 1.54) is 71.2 Å². The summed E-state index contributed by atoms with van der Waals surface area (Å²) in [4.78, 5) is -0.929. The number of hydrogen-bond donors (Lipinski definition) is 1. The van der Waals surface area contributed by atoms with E-state index in [2.05, 4.69) is 0 Å². The molecule has 19 heteroatoms. The Balaban J connectivity index is 2.19. The molecular formula is C34H49N3O13S3. The molecule has 16 nitrogen and oxygen atoms in total. The van der Waals surface area contributed by atoms with E-state index in [4.69, 9.17) is 28.4 Å². The van der Waals surface area contributed by atoms with Gasteiger partial charge in [-0.05, 0) is 12.1 Å². The molecule has 0 saturated carbocycles. The maximum absolute atomic E-state index is 14.7. The molecule has 1 N–H and O–H groups in total. The Morgan fingerprint density at radius 3 is 0.962 bits per heavy atom. The van der Waals surface area contributed by atoms with E-state index < -0.39 is 35.8 Å². The van der Waals surface area contributed by atoms with Gasteiger partial charge in [-0.3, -0.25) is 0 Å². The second-order valence-electron chi connectivity index (χ2n) is 12.0. The van der Waals surface area contributed by atoms with E-state index in [1.54, 1.807) is 0 Å². The molecule has 0 atom stereocenters. The van der Waals surface area contributed by atoms with Gasteiger partial charge in [-0.2, -0.15) is 12.9 Å². The minimum atomic E-state index is -4.47. The highest BCUT2D eigenvalue weighted by Gasteiger charge is 2.35. The first-order chi connectivity index (χ1) is 25.3. The molecule has 0 heterocycles. The monoisotopic (exact) mass is 803 g/mol. The van der Waals surface area contributed by atoms with Gasteiger partial charge in [0.1, 0.15) is 5.75 Å². The third-order valence-corrected chi connectivity index (χ3v) is 14.7. The third kappa shape index (κ3) is 8.87. The van der Waals surface area contributed by atoms with E-state index in [9.17, 15) is 30.4 Å². The van der Waals surface area contributed by atoms with Crippen molar-refractivity contribution in [2.75, 3.05) is 122 Å². The Morgan fingerprint density at radius 1 is 0.434 bits per heavy atom. The molecule has 296 valence electrons. The van der Waals surface area contributed by atoms with Gasteiger partial charge in [-0.1, -0.05) is 18.2 Å². The largest absolute Gasteiger partial charge is 0.507 e. The molecule has 0 aliphatic heterocycles. The summed E-state index contributed by atoms with van der Waals surface area (Å²) in [6, 6.07) is 8.22. The lowest BCUT2D eigenvalue weighted by molar-refractivity contribution is 0.150. The Kier molecular flexibility index (Phi) is 15.2. The zero-order chi connectivity index (χ0) is 39.0. The van der Waals surface area contributed by atoms with Gasteiger partial charge in [-0.25, -0.2) is 25.3 Å². The summed E-state index contributed by atoms with van der Waals surface area (Å²) in [5, 5.41) is 12.3. The molecule has 53 heavy (non-hydrogen) atoms. The molecule has 4 rings (SSSR count). The lowest BCUT2D eigenvalue weighted by Gasteiger charge is -2.27. The Morgan fingerprint density at radius 2 is 0.679 bits per heavy atom. The van der Waals surface area contributed by atoms with E-state index in [0.29, 0.717) is 0 Å². The van der Waals surface area contributed by atoms with Crippen molar-refractivity contribution in [3.63, 3.8) is 0 Å². The second-order valence-corrected chi connectivity index (χ2v) is 17.7. The average molecular weight is 804 g/mol. The van der Waals surface area contributed by atoms with Crippen LogP contribution in [0.25, 0.3) is 32.3 Å². The van der Waals surface area contributed by atoms with Gasteiger partial charge < -0.3 is 33.5 Å². The number of nitrogens with zero attached hydrogens (tertiary/aromatic N) is 3. The van der Waals surface area contributed by atoms with Crippen LogP contribution in [-0.4, -0.2) is 165 Å². The van der Waals surface area contributed by atoms with Crippen LogP contribution < -0.4 is 0 Å². The Bertz CT molecular complexity index is 2070. The van der Waals surface area contributed by atoms with Crippen molar-refractivity contribution in [2.45, 2.75) is 14.7 Å². The summed E-state index contributed by atoms with van der Waals surface area (Å²) >= 11 is 0. The molecule has 4 aromatic carbocycles. The number of hydrogen-bond acceptors (Lipinski definition) is 13. The van der Waals surface area contributed by atoms with Gasteiger partial charge in [0.2, 0.25) is 30.1 Å². The number of ether oxygens (including phenoxy) is 6. The van der Waals surface area contributed by atoms with Crippen molar-refractivity contribution in [3.05, 3.63) is 36.4 Å². The molecule has 0 radical (unpaired) electrons. The fourth-order valence-electron chi connectivity index (χ4n) is 6.15. The van der Waals surface area contributed by atoms with Crippen LogP contribution in [0, 0.1) is 0 Å². The standard InChI is InChI=1S/C34H49N3O13S3/c1-45-17-11-35(12-18-46-2)51(39,40)30-23-29(38)25-7-8-27-31(52(41,42)36(13-19-47-3)14-20-48-4)24-32(28-10-9-26(30)33(25)34(27)28)53(43,44)37(15-21-49-5)16-22-50-6/h7-10,23-24,38H,11-22H2,1-6H3. The molecule has 0 aromatic heterocycles. The first-order valence-electron chi connectivity index (χ1n) is 16.7. The average Bonchev–Trinajstić information content (AvgIpc) is 3.13. The van der Waals surface area contributed by atoms with Crippen LogP contribution in [0.1, 0.15) is 0 Å². The van der Waals surface area contributed by atoms with E-state index >= 15 is 0 Å². The first kappa shape index (κ1) is 42.9. The van der Waals surface area contributed by atoms with Crippen LogP contribution in [0.4, 0.5) is 0 Å². The highest BCUT2D eigenvalue weighted by Crippen LogP contribution is 2.46. The molecule has 0 saturated heterocycles. The minimum Gasteiger partial charge on any atom is -0.507 e. The maximum Gasteiger partial charge on any atom is 0.243 e. The number of rotatable bonds is 24. The fraction of sp³-hybridized carbons (Fsp3) is 0.529. The summed E-state index contributed by atoms with van der Waals surface area (Å²) in [6.45, 7) is 0.00947. The fourth-order valence-corrected chi connectivity index (χ4v) is 11.1. The zero-order valence-electron chi connectivity index (χ0n) is 30.9. The van der Waals surface area contributed by atoms with Crippen LogP contribution in [0.5, 0.6) is 5.75 Å². The van der Waals surface area contributed by atoms with E-state index in [1.807, 2.05) is 0 Å². The number of phenolic OH excluding ortho intramolecular Hbond substituents is 1. The normalized spacial score (nSPS) is 13.2. The van der Waals surface area contributed by atoms with Gasteiger partial charge in [0.15, 0.2) is 0 Å². The third-order valence-electron chi connectivity index (χ3n) is 8.89. The molecule has 0 aliphatic carbocycles. The maximum atomic E-state index is 14.7. The van der Waals surface area contributed by atoms with Gasteiger partial charge in [0.05, 0.1) is 54.3 Å². The zero-order valence-corrected chi connectivity index (χ0v) is 33.3. The topological polar surface area (TPSA) is 188 Å². The number of benzene rings is 4. The Hall–Kier alpha value is -2.79. The molecule has 0 spiro atoms. The SMILES string of the molecule is COCCN(CCOC)S(=O)(=O)c1cc(O)c2ccc3c(S(=O)(=O)N(CCOC)CCOC)cc(S(=O)(=O)N(CCOC)CCOC)c4ccc1c2c34. The highest BCUT2D eigenvalue weighted by atomic mass is 32.2. The van der Waals surface area contributed by atoms with Crippen LogP contribution >= 0.6 is 0 Å². The van der Waals surface area contributed by atoms with Crippen molar-refractivity contribution >= 4 is 62.4 Å². The lowest BCUT2D eigenvalue weighted by atomic mass is 9.94. The predicted octanol–water partition coefficient (Wildman–Crippen LogP) is 2.14. The van der Waals surface area contributed by atoms with Gasteiger partial charge >= 0.3 is 0 Å². The van der Waals surface area contributed by atoms with Crippen molar-refractivity contribution < 1.29 is 58.8 Å². The smallest absolute Gasteiger partial charge is 0.243 e. The minimum absolute atomic E-state index is 0.0206. The van der Waals surface area contributed by atoms with Crippen molar-refractivity contribution in [3.8, 4) is 5.75 Å². The number of phenols is 1. The Labute approximate surface area is 311 Å². The first-order valence-corrected chi connectivity index (χ1v) is 21.0. The molecule has 0 bridgehead atoms. The van der Waals surface area contributed by atoms with Gasteiger partial charge in [0.25, 0.3) is 0 Å². The second kappa shape index (κ2) is 18.7. The number of methoxy groups -OCH3 is 6. The summed E-state index contributed by atoms with van der Waals surface area (Å²) in [5.74, 6) is -0.398. The quantitative estimate of drug-likeness (QED) is 0.102. The molecule has 0 aliphatic rings. The van der Waals surface area contributed by atoms with Gasteiger partial charge in [0, 0.05) is 120 Å². The van der Waals surface area contributed by atoms with E-state index in [-0.39, 0.29) is 126 Å². The van der Waals surface area contributed by atoms with Crippen LogP contribution in [0.3, 0.4) is 0 Å². The molecule has 4 aromatic rings. The summed E-state index contributed by atoms with van der Waals surface area (Å²) in [6.07, 6.45) is 0. The molecule has 0 unspecified atom stereocenters. The summed E-state index contributed by atoms with van der Waals surface area (Å²) in [5.41, 5.74) is 0. The van der Waals surface area contributed by atoms with Crippen LogP contribution in [0.15, 0.2) is 51.1 Å². The number of sulfonamides is 3. The van der Waals surface area contributed by atoms with E-state index in [0.717, 1.165) is 20.7 Å². The van der Waals surface area contributed by atoms with Crippen molar-refractivity contribution in [2.24, 2.45) is 0 Å². The lowest BCUT2D eigenvalue weighted by Crippen LogP contribution is -2.38. The highest BCUT2D eigenvalue weighted by molar-refractivity contribution is 7.90. The summed E-state index contributed by atoms with van der Waals surface area (Å²) < 4.78 is 122. The van der Waals surface area contributed by atoms with Crippen LogP contribution in [0.2, 0.25) is 0 Å². The summed E-state index contributed by atoms with van der Waals surface area (Å²) in [7, 11) is -4.67. The molecular weight excluding hydrogens is 755 g/mol. The predicted molar refractivity (Wildman–Crippen MR) is 199 cm³/mol. The number of aromatic hydroxyl groups is 1.